The quantitative estimate of drug-likeness (QED) is 0.792. The molecule has 0 heterocycles. The Morgan fingerprint density at radius 3 is 2.40 bits per heavy atom. The first-order valence-corrected chi connectivity index (χ1v) is 7.90. The Bertz CT molecular complexity index is 760. The van der Waals surface area contributed by atoms with Gasteiger partial charge in [-0.2, -0.15) is 0 Å². The minimum Gasteiger partial charge on any atom is -0.481 e. The summed E-state index contributed by atoms with van der Waals surface area (Å²) in [7, 11) is 0. The fourth-order valence-electron chi connectivity index (χ4n) is 2.51. The fourth-order valence-corrected chi connectivity index (χ4v) is 2.51. The molecule has 0 aliphatic heterocycles. The van der Waals surface area contributed by atoms with Crippen molar-refractivity contribution in [2.75, 3.05) is 5.32 Å². The zero-order chi connectivity index (χ0) is 18.4. The van der Waals surface area contributed by atoms with Crippen molar-refractivity contribution in [2.45, 2.75) is 32.1 Å². The van der Waals surface area contributed by atoms with Gasteiger partial charge in [-0.05, 0) is 41.7 Å². The van der Waals surface area contributed by atoms with Gasteiger partial charge in [0, 0.05) is 24.6 Å². The molecule has 132 valence electrons. The lowest BCUT2D eigenvalue weighted by atomic mass is 9.97. The molecule has 0 saturated heterocycles. The molecule has 2 aromatic rings. The zero-order valence-corrected chi connectivity index (χ0v) is 13.8. The highest BCUT2D eigenvalue weighted by atomic mass is 19.1. The first kappa shape index (κ1) is 18.6. The van der Waals surface area contributed by atoms with E-state index in [0.29, 0.717) is 17.7 Å². The molecule has 2 aromatic carbocycles. The lowest BCUT2D eigenvalue weighted by molar-refractivity contribution is -0.137. The summed E-state index contributed by atoms with van der Waals surface area (Å²) in [4.78, 5) is 22.6. The molecule has 25 heavy (non-hydrogen) atoms. The predicted molar refractivity (Wildman–Crippen MR) is 90.4 cm³/mol. The SMILES string of the molecule is CC(CC(=O)Nc1ccc(CCC(=O)O)cc1)c1ccc(F)cc1F. The number of aryl methyl sites for hydroxylation is 1. The molecule has 0 aliphatic rings. The van der Waals surface area contributed by atoms with Gasteiger partial charge < -0.3 is 10.4 Å². The third-order valence-electron chi connectivity index (χ3n) is 3.85. The molecular weight excluding hydrogens is 328 g/mol. The van der Waals surface area contributed by atoms with Crippen molar-refractivity contribution >= 4 is 17.6 Å². The maximum Gasteiger partial charge on any atom is 0.303 e. The van der Waals surface area contributed by atoms with Crippen LogP contribution in [-0.2, 0) is 16.0 Å². The van der Waals surface area contributed by atoms with E-state index in [-0.39, 0.29) is 18.7 Å². The van der Waals surface area contributed by atoms with Gasteiger partial charge in [-0.25, -0.2) is 8.78 Å². The molecule has 6 heteroatoms. The second kappa shape index (κ2) is 8.37. The number of carbonyl (C=O) groups excluding carboxylic acids is 1. The number of amides is 1. The van der Waals surface area contributed by atoms with E-state index >= 15 is 0 Å². The molecule has 1 amide bonds. The zero-order valence-electron chi connectivity index (χ0n) is 13.8. The number of carboxylic acid groups (broad SMARTS) is 1. The smallest absolute Gasteiger partial charge is 0.303 e. The second-order valence-corrected chi connectivity index (χ2v) is 5.91. The first-order valence-electron chi connectivity index (χ1n) is 7.90. The number of rotatable bonds is 7. The summed E-state index contributed by atoms with van der Waals surface area (Å²) in [5, 5.41) is 11.4. The summed E-state index contributed by atoms with van der Waals surface area (Å²) in [6.45, 7) is 1.70. The molecule has 2 N–H and O–H groups in total. The van der Waals surface area contributed by atoms with Gasteiger partial charge in [0.2, 0.25) is 5.91 Å². The number of hydrogen-bond acceptors (Lipinski definition) is 2. The van der Waals surface area contributed by atoms with Crippen LogP contribution in [0.15, 0.2) is 42.5 Å². The minimum absolute atomic E-state index is 0.0481. The van der Waals surface area contributed by atoms with Crippen molar-refractivity contribution in [3.05, 3.63) is 65.2 Å². The van der Waals surface area contributed by atoms with Gasteiger partial charge in [-0.1, -0.05) is 25.1 Å². The number of benzene rings is 2. The third-order valence-corrected chi connectivity index (χ3v) is 3.85. The number of halogens is 2. The number of carbonyl (C=O) groups is 2. The van der Waals surface area contributed by atoms with E-state index in [1.54, 1.807) is 31.2 Å². The van der Waals surface area contributed by atoms with Crippen LogP contribution in [0.3, 0.4) is 0 Å². The summed E-state index contributed by atoms with van der Waals surface area (Å²) < 4.78 is 26.7. The van der Waals surface area contributed by atoms with E-state index in [0.717, 1.165) is 11.6 Å². The minimum atomic E-state index is -0.862. The number of anilines is 1. The summed E-state index contributed by atoms with van der Waals surface area (Å²) >= 11 is 0. The maximum absolute atomic E-state index is 13.7. The van der Waals surface area contributed by atoms with Crippen molar-refractivity contribution in [1.29, 1.82) is 0 Å². The van der Waals surface area contributed by atoms with Crippen LogP contribution in [0.4, 0.5) is 14.5 Å². The monoisotopic (exact) mass is 347 g/mol. The molecule has 1 unspecified atom stereocenters. The average molecular weight is 347 g/mol. The Labute approximate surface area is 144 Å². The number of aliphatic carboxylic acids is 1. The Hall–Kier alpha value is -2.76. The summed E-state index contributed by atoms with van der Waals surface area (Å²) in [5.74, 6) is -2.85. The molecule has 0 spiro atoms. The molecule has 0 aliphatic carbocycles. The summed E-state index contributed by atoms with van der Waals surface area (Å²) in [6, 6.07) is 10.2. The largest absolute Gasteiger partial charge is 0.481 e. The molecule has 0 saturated carbocycles. The van der Waals surface area contributed by atoms with Crippen LogP contribution < -0.4 is 5.32 Å². The topological polar surface area (TPSA) is 66.4 Å². The van der Waals surface area contributed by atoms with E-state index in [9.17, 15) is 18.4 Å². The van der Waals surface area contributed by atoms with E-state index in [1.807, 2.05) is 0 Å². The standard InChI is InChI=1S/C19H19F2NO3/c1-12(16-8-5-14(20)11-17(16)21)10-18(23)22-15-6-2-13(3-7-15)4-9-19(24)25/h2-3,5-8,11-12H,4,9-10H2,1H3,(H,22,23)(H,24,25). The van der Waals surface area contributed by atoms with Gasteiger partial charge in [-0.15, -0.1) is 0 Å². The Morgan fingerprint density at radius 2 is 1.80 bits per heavy atom. The number of carboxylic acids is 1. The molecule has 0 aromatic heterocycles. The molecule has 0 fully saturated rings. The fraction of sp³-hybridized carbons (Fsp3) is 0.263. The van der Waals surface area contributed by atoms with Crippen molar-refractivity contribution in [1.82, 2.24) is 0 Å². The maximum atomic E-state index is 13.7. The van der Waals surface area contributed by atoms with Gasteiger partial charge in [-0.3, -0.25) is 9.59 Å². The van der Waals surface area contributed by atoms with Gasteiger partial charge in [0.15, 0.2) is 0 Å². The number of hydrogen-bond donors (Lipinski definition) is 2. The molecule has 0 bridgehead atoms. The first-order chi connectivity index (χ1) is 11.8. The van der Waals surface area contributed by atoms with Crippen LogP contribution in [0.5, 0.6) is 0 Å². The van der Waals surface area contributed by atoms with Crippen molar-refractivity contribution in [3.8, 4) is 0 Å². The predicted octanol–water partition coefficient (Wildman–Crippen LogP) is 4.11. The molecule has 1 atom stereocenters. The highest BCUT2D eigenvalue weighted by Crippen LogP contribution is 2.23. The van der Waals surface area contributed by atoms with Crippen LogP contribution in [-0.4, -0.2) is 17.0 Å². The van der Waals surface area contributed by atoms with Crippen molar-refractivity contribution < 1.29 is 23.5 Å². The Balaban J connectivity index is 1.92. The lowest BCUT2D eigenvalue weighted by Gasteiger charge is -2.13. The highest BCUT2D eigenvalue weighted by Gasteiger charge is 2.15. The van der Waals surface area contributed by atoms with Gasteiger partial charge in [0.25, 0.3) is 0 Å². The third kappa shape index (κ3) is 5.67. The summed E-state index contributed by atoms with van der Waals surface area (Å²) in [5.41, 5.74) is 1.73. The Morgan fingerprint density at radius 1 is 1.12 bits per heavy atom. The normalized spacial score (nSPS) is 11.8. The van der Waals surface area contributed by atoms with Gasteiger partial charge >= 0.3 is 5.97 Å². The Kier molecular flexibility index (Phi) is 6.22. The van der Waals surface area contributed by atoms with Crippen molar-refractivity contribution in [3.63, 3.8) is 0 Å². The van der Waals surface area contributed by atoms with E-state index in [4.69, 9.17) is 5.11 Å². The molecule has 4 nitrogen and oxygen atoms in total. The van der Waals surface area contributed by atoms with Crippen LogP contribution in [0.25, 0.3) is 0 Å². The van der Waals surface area contributed by atoms with Crippen molar-refractivity contribution in [2.24, 2.45) is 0 Å². The molecular formula is C19H19F2NO3. The highest BCUT2D eigenvalue weighted by molar-refractivity contribution is 5.91. The van der Waals surface area contributed by atoms with E-state index < -0.39 is 23.5 Å². The van der Waals surface area contributed by atoms with Crippen LogP contribution in [0.2, 0.25) is 0 Å². The van der Waals surface area contributed by atoms with Crippen LogP contribution in [0, 0.1) is 11.6 Å². The lowest BCUT2D eigenvalue weighted by Crippen LogP contribution is -2.15. The van der Waals surface area contributed by atoms with E-state index in [1.165, 1.54) is 12.1 Å². The van der Waals surface area contributed by atoms with Gasteiger partial charge in [0.05, 0.1) is 0 Å². The number of nitrogens with one attached hydrogen (secondary N) is 1. The van der Waals surface area contributed by atoms with Crippen LogP contribution in [0.1, 0.15) is 36.8 Å². The molecule has 0 radical (unpaired) electrons. The second-order valence-electron chi connectivity index (χ2n) is 5.91. The van der Waals surface area contributed by atoms with E-state index in [2.05, 4.69) is 5.32 Å². The van der Waals surface area contributed by atoms with Crippen LogP contribution >= 0.6 is 0 Å². The van der Waals surface area contributed by atoms with Gasteiger partial charge in [0.1, 0.15) is 11.6 Å². The molecule has 2 rings (SSSR count). The average Bonchev–Trinajstić information content (AvgIpc) is 2.53. The summed E-state index contributed by atoms with van der Waals surface area (Å²) in [6.07, 6.45) is 0.528.